The zero-order valence-corrected chi connectivity index (χ0v) is 9.75. The third kappa shape index (κ3) is 2.22. The number of benzene rings is 1. The monoisotopic (exact) mass is 241 g/mol. The van der Waals surface area contributed by atoms with Crippen LogP contribution in [0, 0.1) is 5.82 Å². The highest BCUT2D eigenvalue weighted by atomic mass is 19.1. The lowest BCUT2D eigenvalue weighted by Gasteiger charge is -1.98. The number of nitrogens with zero attached hydrogens (tertiary/aromatic N) is 3. The Hall–Kier alpha value is -2.23. The molecule has 18 heavy (non-hydrogen) atoms. The van der Waals surface area contributed by atoms with Gasteiger partial charge in [-0.15, -0.1) is 0 Å². The summed E-state index contributed by atoms with van der Waals surface area (Å²) in [6.45, 7) is 0. The molecule has 3 aromatic rings. The molecule has 0 amide bonds. The highest BCUT2D eigenvalue weighted by Crippen LogP contribution is 2.08. The van der Waals surface area contributed by atoms with Crippen LogP contribution in [-0.4, -0.2) is 14.6 Å². The van der Waals surface area contributed by atoms with Crippen molar-refractivity contribution in [3.63, 3.8) is 0 Å². The first-order chi connectivity index (χ1) is 8.81. The van der Waals surface area contributed by atoms with Crippen molar-refractivity contribution in [2.75, 3.05) is 0 Å². The minimum absolute atomic E-state index is 0.199. The highest BCUT2D eigenvalue weighted by molar-refractivity contribution is 5.36. The van der Waals surface area contributed by atoms with E-state index >= 15 is 0 Å². The van der Waals surface area contributed by atoms with Gasteiger partial charge in [-0.3, -0.25) is 0 Å². The molecule has 0 saturated heterocycles. The molecule has 0 unspecified atom stereocenters. The third-order valence-corrected chi connectivity index (χ3v) is 2.81. The van der Waals surface area contributed by atoms with Gasteiger partial charge in [0.2, 0.25) is 0 Å². The average molecular weight is 241 g/mol. The molecule has 2 aromatic heterocycles. The van der Waals surface area contributed by atoms with E-state index in [-0.39, 0.29) is 5.82 Å². The van der Waals surface area contributed by atoms with Crippen LogP contribution < -0.4 is 0 Å². The van der Waals surface area contributed by atoms with Crippen LogP contribution in [-0.2, 0) is 12.8 Å². The molecule has 0 aliphatic rings. The summed E-state index contributed by atoms with van der Waals surface area (Å²) >= 11 is 0. The van der Waals surface area contributed by atoms with Crippen molar-refractivity contribution >= 4 is 5.65 Å². The molecule has 90 valence electrons. The van der Waals surface area contributed by atoms with Crippen molar-refractivity contribution in [2.24, 2.45) is 0 Å². The molecule has 0 N–H and O–H groups in total. The quantitative estimate of drug-likeness (QED) is 0.705. The molecular formula is C14H12FN3. The predicted octanol–water partition coefficient (Wildman–Crippen LogP) is 2.65. The number of hydrogen-bond acceptors (Lipinski definition) is 2. The van der Waals surface area contributed by atoms with E-state index < -0.39 is 0 Å². The number of aryl methyl sites for hydroxylation is 2. The molecule has 3 nitrogen and oxygen atoms in total. The van der Waals surface area contributed by atoms with E-state index in [1.807, 2.05) is 30.5 Å². The largest absolute Gasteiger partial charge is 0.221 e. The molecule has 0 bridgehead atoms. The minimum Gasteiger partial charge on any atom is -0.221 e. The fraction of sp³-hybridized carbons (Fsp3) is 0.143. The Kier molecular flexibility index (Phi) is 2.76. The molecule has 3 rings (SSSR count). The lowest BCUT2D eigenvalue weighted by Crippen LogP contribution is -1.94. The second-order valence-electron chi connectivity index (χ2n) is 4.16. The van der Waals surface area contributed by atoms with Crippen LogP contribution in [0.5, 0.6) is 0 Å². The lowest BCUT2D eigenvalue weighted by atomic mass is 10.1. The van der Waals surface area contributed by atoms with Crippen molar-refractivity contribution in [3.8, 4) is 0 Å². The Morgan fingerprint density at radius 2 is 2.00 bits per heavy atom. The maximum absolute atomic E-state index is 13.0. The van der Waals surface area contributed by atoms with Crippen LogP contribution in [0.4, 0.5) is 4.39 Å². The molecule has 2 heterocycles. The smallest absolute Gasteiger partial charge is 0.155 e. The summed E-state index contributed by atoms with van der Waals surface area (Å²) in [4.78, 5) is 4.41. The zero-order chi connectivity index (χ0) is 12.4. The topological polar surface area (TPSA) is 30.2 Å². The standard InChI is InChI=1S/C14H12FN3/c15-12-5-3-4-11(10-12)7-8-13-16-14-6-1-2-9-18(14)17-13/h1-6,9-10H,7-8H2. The molecule has 0 atom stereocenters. The predicted molar refractivity (Wildman–Crippen MR) is 66.8 cm³/mol. The van der Waals surface area contributed by atoms with Gasteiger partial charge >= 0.3 is 0 Å². The van der Waals surface area contributed by atoms with Gasteiger partial charge in [0.15, 0.2) is 11.5 Å². The second kappa shape index (κ2) is 4.56. The number of halogens is 1. The van der Waals surface area contributed by atoms with Crippen LogP contribution in [0.2, 0.25) is 0 Å². The first-order valence-corrected chi connectivity index (χ1v) is 5.86. The van der Waals surface area contributed by atoms with Crippen molar-refractivity contribution in [2.45, 2.75) is 12.8 Å². The number of fused-ring (bicyclic) bond motifs is 1. The summed E-state index contributed by atoms with van der Waals surface area (Å²) in [5.41, 5.74) is 1.81. The summed E-state index contributed by atoms with van der Waals surface area (Å²) in [7, 11) is 0. The maximum atomic E-state index is 13.0. The summed E-state index contributed by atoms with van der Waals surface area (Å²) in [5.74, 6) is 0.584. The maximum Gasteiger partial charge on any atom is 0.155 e. The summed E-state index contributed by atoms with van der Waals surface area (Å²) in [6, 6.07) is 12.4. The number of aromatic nitrogens is 3. The fourth-order valence-corrected chi connectivity index (χ4v) is 1.93. The minimum atomic E-state index is -0.199. The molecule has 4 heteroatoms. The van der Waals surface area contributed by atoms with Gasteiger partial charge in [-0.2, -0.15) is 5.10 Å². The Balaban J connectivity index is 1.76. The third-order valence-electron chi connectivity index (χ3n) is 2.81. The van der Waals surface area contributed by atoms with E-state index in [0.717, 1.165) is 23.5 Å². The van der Waals surface area contributed by atoms with Crippen molar-refractivity contribution in [3.05, 3.63) is 65.9 Å². The first kappa shape index (κ1) is 10.9. The Morgan fingerprint density at radius 3 is 2.83 bits per heavy atom. The van der Waals surface area contributed by atoms with Gasteiger partial charge in [-0.05, 0) is 36.2 Å². The van der Waals surface area contributed by atoms with E-state index in [0.29, 0.717) is 6.42 Å². The van der Waals surface area contributed by atoms with Gasteiger partial charge < -0.3 is 0 Å². The molecule has 0 fully saturated rings. The fourth-order valence-electron chi connectivity index (χ4n) is 1.93. The zero-order valence-electron chi connectivity index (χ0n) is 9.75. The molecule has 0 aliphatic carbocycles. The van der Waals surface area contributed by atoms with Crippen LogP contribution in [0.15, 0.2) is 48.7 Å². The molecule has 1 aromatic carbocycles. The average Bonchev–Trinajstić information content (AvgIpc) is 2.79. The SMILES string of the molecule is Fc1cccc(CCc2nc3ccccn3n2)c1. The summed E-state index contributed by atoms with van der Waals surface area (Å²) in [5, 5.41) is 4.36. The van der Waals surface area contributed by atoms with Gasteiger partial charge in [0.25, 0.3) is 0 Å². The van der Waals surface area contributed by atoms with Crippen molar-refractivity contribution in [1.82, 2.24) is 14.6 Å². The Bertz CT molecular complexity index is 642. The van der Waals surface area contributed by atoms with Gasteiger partial charge in [-0.25, -0.2) is 13.9 Å². The van der Waals surface area contributed by atoms with E-state index in [1.54, 1.807) is 16.6 Å². The van der Waals surface area contributed by atoms with Gasteiger partial charge in [-0.1, -0.05) is 18.2 Å². The van der Waals surface area contributed by atoms with E-state index in [2.05, 4.69) is 10.1 Å². The Labute approximate surface area is 104 Å². The van der Waals surface area contributed by atoms with Crippen LogP contribution in [0.1, 0.15) is 11.4 Å². The molecule has 0 aliphatic heterocycles. The van der Waals surface area contributed by atoms with Crippen molar-refractivity contribution in [1.29, 1.82) is 0 Å². The Morgan fingerprint density at radius 1 is 1.06 bits per heavy atom. The number of hydrogen-bond donors (Lipinski definition) is 0. The normalized spacial score (nSPS) is 10.9. The summed E-state index contributed by atoms with van der Waals surface area (Å²) < 4.78 is 14.8. The van der Waals surface area contributed by atoms with E-state index in [9.17, 15) is 4.39 Å². The van der Waals surface area contributed by atoms with Crippen LogP contribution in [0.25, 0.3) is 5.65 Å². The summed E-state index contributed by atoms with van der Waals surface area (Å²) in [6.07, 6.45) is 3.33. The number of rotatable bonds is 3. The first-order valence-electron chi connectivity index (χ1n) is 5.86. The van der Waals surface area contributed by atoms with E-state index in [1.165, 1.54) is 6.07 Å². The van der Waals surface area contributed by atoms with Crippen LogP contribution >= 0.6 is 0 Å². The molecular weight excluding hydrogens is 229 g/mol. The van der Waals surface area contributed by atoms with Gasteiger partial charge in [0.1, 0.15) is 5.82 Å². The molecule has 0 radical (unpaired) electrons. The van der Waals surface area contributed by atoms with Gasteiger partial charge in [0, 0.05) is 12.6 Å². The lowest BCUT2D eigenvalue weighted by molar-refractivity contribution is 0.625. The molecule has 0 saturated carbocycles. The van der Waals surface area contributed by atoms with Crippen molar-refractivity contribution < 1.29 is 4.39 Å². The van der Waals surface area contributed by atoms with Crippen LogP contribution in [0.3, 0.4) is 0 Å². The highest BCUT2D eigenvalue weighted by Gasteiger charge is 2.03. The second-order valence-corrected chi connectivity index (χ2v) is 4.16. The van der Waals surface area contributed by atoms with Gasteiger partial charge in [0.05, 0.1) is 0 Å². The number of pyridine rings is 1. The van der Waals surface area contributed by atoms with E-state index in [4.69, 9.17) is 0 Å². The molecule has 0 spiro atoms.